The van der Waals surface area contributed by atoms with Crippen LogP contribution in [0.5, 0.6) is 0 Å². The summed E-state index contributed by atoms with van der Waals surface area (Å²) in [5.74, 6) is -2.26. The summed E-state index contributed by atoms with van der Waals surface area (Å²) >= 11 is 0. The number of ether oxygens (including phenoxy) is 1. The summed E-state index contributed by atoms with van der Waals surface area (Å²) in [6.07, 6.45) is 3.67. The van der Waals surface area contributed by atoms with Crippen molar-refractivity contribution in [3.63, 3.8) is 0 Å². The minimum absolute atomic E-state index is 0.0158. The highest BCUT2D eigenvalue weighted by Gasteiger charge is 2.40. The molecule has 1 aliphatic rings. The Labute approximate surface area is 205 Å². The zero-order valence-electron chi connectivity index (χ0n) is 20.4. The predicted molar refractivity (Wildman–Crippen MR) is 128 cm³/mol. The minimum Gasteiger partial charge on any atom is -0.461 e. The standard InChI is InChI=1S/C25H32N4O6/c1-4-7-8-10-20-23(25(31)35-16-9-15-26)21(17-11-13-18(14-12-17)29(33)34)22(19(5-2)27-20)24(30)28(32)6-3/h11-14,21,27,32H,4-10,16H2,1-3H3. The third kappa shape index (κ3) is 6.67. The molecule has 1 amide bonds. The van der Waals surface area contributed by atoms with E-state index in [2.05, 4.69) is 12.2 Å². The van der Waals surface area contributed by atoms with E-state index in [-0.39, 0.29) is 36.4 Å². The number of allylic oxidation sites excluding steroid dienone is 2. The smallest absolute Gasteiger partial charge is 0.336 e. The molecule has 1 unspecified atom stereocenters. The van der Waals surface area contributed by atoms with Crippen molar-refractivity contribution in [2.45, 2.75) is 65.2 Å². The van der Waals surface area contributed by atoms with Crippen LogP contribution in [0.2, 0.25) is 0 Å². The van der Waals surface area contributed by atoms with Gasteiger partial charge >= 0.3 is 5.97 Å². The van der Waals surface area contributed by atoms with E-state index in [0.29, 0.717) is 34.9 Å². The fourth-order valence-corrected chi connectivity index (χ4v) is 4.00. The molecule has 2 N–H and O–H groups in total. The molecule has 0 saturated heterocycles. The number of nitro benzene ring substituents is 1. The molecule has 1 atom stereocenters. The highest BCUT2D eigenvalue weighted by atomic mass is 16.6. The van der Waals surface area contributed by atoms with E-state index in [4.69, 9.17) is 10.00 Å². The van der Waals surface area contributed by atoms with Crippen molar-refractivity contribution in [2.75, 3.05) is 13.2 Å². The zero-order chi connectivity index (χ0) is 26.0. The number of non-ortho nitro benzene ring substituents is 1. The molecule has 2 rings (SSSR count). The number of amides is 1. The second kappa shape index (κ2) is 13.2. The fourth-order valence-electron chi connectivity index (χ4n) is 4.00. The number of likely N-dealkylation sites (N-methyl/N-ethyl adjacent to an activating group) is 1. The number of hydrogen-bond acceptors (Lipinski definition) is 8. The molecule has 1 aromatic carbocycles. The van der Waals surface area contributed by atoms with E-state index in [0.717, 1.165) is 19.3 Å². The Morgan fingerprint density at radius 3 is 2.40 bits per heavy atom. The summed E-state index contributed by atoms with van der Waals surface area (Å²) in [7, 11) is 0. The molecule has 35 heavy (non-hydrogen) atoms. The molecule has 0 fully saturated rings. The van der Waals surface area contributed by atoms with Crippen molar-refractivity contribution in [1.82, 2.24) is 10.4 Å². The first-order valence-corrected chi connectivity index (χ1v) is 11.8. The number of carbonyl (C=O) groups is 2. The van der Waals surface area contributed by atoms with Crippen LogP contribution in [0.15, 0.2) is 46.8 Å². The van der Waals surface area contributed by atoms with E-state index < -0.39 is 22.7 Å². The normalized spacial score (nSPS) is 15.3. The quantitative estimate of drug-likeness (QED) is 0.145. The Hall–Kier alpha value is -3.71. The molecule has 10 nitrogen and oxygen atoms in total. The van der Waals surface area contributed by atoms with Crippen molar-refractivity contribution in [3.8, 4) is 6.07 Å². The van der Waals surface area contributed by atoms with Crippen LogP contribution in [0, 0.1) is 21.4 Å². The summed E-state index contributed by atoms with van der Waals surface area (Å²) in [5.41, 5.74) is 1.91. The Bertz CT molecular complexity index is 1040. The van der Waals surface area contributed by atoms with Crippen LogP contribution in [-0.2, 0) is 14.3 Å². The van der Waals surface area contributed by atoms with Gasteiger partial charge in [-0.05, 0) is 31.7 Å². The van der Waals surface area contributed by atoms with Gasteiger partial charge in [0.25, 0.3) is 11.6 Å². The number of benzene rings is 1. The monoisotopic (exact) mass is 484 g/mol. The Morgan fingerprint density at radius 1 is 1.17 bits per heavy atom. The zero-order valence-corrected chi connectivity index (χ0v) is 20.4. The molecule has 0 bridgehead atoms. The van der Waals surface area contributed by atoms with Gasteiger partial charge in [0.2, 0.25) is 0 Å². The number of hydroxylamine groups is 2. The van der Waals surface area contributed by atoms with E-state index in [1.807, 2.05) is 13.0 Å². The molecule has 10 heteroatoms. The lowest BCUT2D eigenvalue weighted by Crippen LogP contribution is -2.38. The summed E-state index contributed by atoms with van der Waals surface area (Å²) in [6.45, 7) is 5.46. The van der Waals surface area contributed by atoms with Gasteiger partial charge < -0.3 is 10.1 Å². The second-order valence-corrected chi connectivity index (χ2v) is 8.07. The number of nitrogens with one attached hydrogen (secondary N) is 1. The summed E-state index contributed by atoms with van der Waals surface area (Å²) in [5, 5.41) is 34.1. The van der Waals surface area contributed by atoms with E-state index >= 15 is 0 Å². The van der Waals surface area contributed by atoms with E-state index in [9.17, 15) is 24.9 Å². The van der Waals surface area contributed by atoms with E-state index in [1.54, 1.807) is 6.92 Å². The van der Waals surface area contributed by atoms with Crippen molar-refractivity contribution in [2.24, 2.45) is 0 Å². The molecule has 188 valence electrons. The summed E-state index contributed by atoms with van der Waals surface area (Å²) < 4.78 is 5.38. The van der Waals surface area contributed by atoms with Crippen LogP contribution >= 0.6 is 0 Å². The molecule has 0 spiro atoms. The maximum absolute atomic E-state index is 13.3. The molecular formula is C25H32N4O6. The SMILES string of the molecule is CCCCCC1=C(C(=O)OCCC#N)C(c2ccc([N+](=O)[O-])cc2)C(C(=O)N(O)CC)=C(CC)N1. The van der Waals surface area contributed by atoms with Crippen LogP contribution in [0.3, 0.4) is 0 Å². The molecule has 1 heterocycles. The molecule has 0 aliphatic carbocycles. The first-order chi connectivity index (χ1) is 16.8. The maximum atomic E-state index is 13.3. The lowest BCUT2D eigenvalue weighted by Gasteiger charge is -2.34. The number of dihydropyridines is 1. The third-order valence-corrected chi connectivity index (χ3v) is 5.78. The number of nitriles is 1. The molecule has 0 saturated carbocycles. The third-order valence-electron chi connectivity index (χ3n) is 5.78. The van der Waals surface area contributed by atoms with Gasteiger partial charge in [0.1, 0.15) is 6.61 Å². The molecular weight excluding hydrogens is 452 g/mol. The van der Waals surface area contributed by atoms with Crippen molar-refractivity contribution in [1.29, 1.82) is 5.26 Å². The number of hydrogen-bond donors (Lipinski definition) is 2. The van der Waals surface area contributed by atoms with Gasteiger partial charge in [-0.3, -0.25) is 20.1 Å². The number of carbonyl (C=O) groups excluding carboxylic acids is 2. The highest BCUT2D eigenvalue weighted by Crippen LogP contribution is 2.41. The van der Waals surface area contributed by atoms with Crippen molar-refractivity contribution < 1.29 is 24.5 Å². The summed E-state index contributed by atoms with van der Waals surface area (Å²) in [4.78, 5) is 37.3. The number of rotatable bonds is 12. The van der Waals surface area contributed by atoms with Crippen LogP contribution in [-0.4, -0.2) is 40.2 Å². The first-order valence-electron chi connectivity index (χ1n) is 11.8. The van der Waals surface area contributed by atoms with Gasteiger partial charge in [-0.25, -0.2) is 9.86 Å². The molecule has 1 aromatic rings. The average molecular weight is 485 g/mol. The Balaban J connectivity index is 2.73. The Kier molecular flexibility index (Phi) is 10.4. The molecule has 0 radical (unpaired) electrons. The van der Waals surface area contributed by atoms with Crippen molar-refractivity contribution >= 4 is 17.6 Å². The van der Waals surface area contributed by atoms with Gasteiger partial charge in [-0.1, -0.05) is 38.8 Å². The lowest BCUT2D eigenvalue weighted by atomic mass is 9.78. The average Bonchev–Trinajstić information content (AvgIpc) is 2.87. The van der Waals surface area contributed by atoms with Gasteiger partial charge in [0.15, 0.2) is 0 Å². The molecule has 1 aliphatic heterocycles. The first kappa shape index (κ1) is 27.5. The lowest BCUT2D eigenvalue weighted by molar-refractivity contribution is -0.384. The Morgan fingerprint density at radius 2 is 1.86 bits per heavy atom. The van der Waals surface area contributed by atoms with Gasteiger partial charge in [0, 0.05) is 30.1 Å². The fraction of sp³-hybridized carbons (Fsp3) is 0.480. The van der Waals surface area contributed by atoms with Crippen LogP contribution in [0.25, 0.3) is 0 Å². The van der Waals surface area contributed by atoms with Crippen molar-refractivity contribution in [3.05, 3.63) is 62.5 Å². The highest BCUT2D eigenvalue weighted by molar-refractivity contribution is 6.01. The number of unbranched alkanes of at least 4 members (excludes halogenated alkanes) is 2. The second-order valence-electron chi connectivity index (χ2n) is 8.07. The van der Waals surface area contributed by atoms with Crippen LogP contribution in [0.1, 0.15) is 70.8 Å². The van der Waals surface area contributed by atoms with Gasteiger partial charge in [-0.2, -0.15) is 5.26 Å². The van der Waals surface area contributed by atoms with Gasteiger partial charge in [0.05, 0.1) is 34.5 Å². The van der Waals surface area contributed by atoms with Crippen LogP contribution in [0.4, 0.5) is 5.69 Å². The largest absolute Gasteiger partial charge is 0.461 e. The molecule has 0 aromatic heterocycles. The van der Waals surface area contributed by atoms with Gasteiger partial charge in [-0.15, -0.1) is 0 Å². The minimum atomic E-state index is -0.910. The maximum Gasteiger partial charge on any atom is 0.336 e. The predicted octanol–water partition coefficient (Wildman–Crippen LogP) is 4.47. The topological polar surface area (TPSA) is 146 Å². The number of esters is 1. The summed E-state index contributed by atoms with van der Waals surface area (Å²) in [6, 6.07) is 7.58. The van der Waals surface area contributed by atoms with E-state index in [1.165, 1.54) is 24.3 Å². The van der Waals surface area contributed by atoms with Crippen LogP contribution < -0.4 is 5.32 Å². The number of nitro groups is 1. The number of nitrogens with zero attached hydrogens (tertiary/aromatic N) is 3.